The molecule has 0 saturated carbocycles. The lowest BCUT2D eigenvalue weighted by molar-refractivity contribution is -0.121. The van der Waals surface area contributed by atoms with E-state index >= 15 is 0 Å². The number of nitrogens with one attached hydrogen (secondary N) is 1. The summed E-state index contributed by atoms with van der Waals surface area (Å²) >= 11 is 0. The first-order valence-corrected chi connectivity index (χ1v) is 8.70. The Hall–Kier alpha value is -2.46. The molecular formula is C21H26N2O2. The largest absolute Gasteiger partial charge is 0.324 e. The van der Waals surface area contributed by atoms with Gasteiger partial charge in [0.25, 0.3) is 0 Å². The van der Waals surface area contributed by atoms with E-state index in [0.29, 0.717) is 11.3 Å². The maximum absolute atomic E-state index is 13.0. The molecule has 2 rings (SSSR count). The van der Waals surface area contributed by atoms with Crippen molar-refractivity contribution in [3.8, 4) is 0 Å². The molecule has 1 unspecified atom stereocenters. The summed E-state index contributed by atoms with van der Waals surface area (Å²) in [5.41, 5.74) is 2.19. The number of Topliss-reactive ketones (excluding diaryl/α,β-unsaturated/α-hetero) is 1. The summed E-state index contributed by atoms with van der Waals surface area (Å²) in [5.74, 6) is -0.110. The fraction of sp³-hybridized carbons (Fsp3) is 0.333. The second kappa shape index (κ2) is 9.14. The molecule has 2 aromatic rings. The zero-order chi connectivity index (χ0) is 18.2. The van der Waals surface area contributed by atoms with Crippen LogP contribution >= 0.6 is 0 Å². The smallest absolute Gasteiger partial charge is 0.246 e. The molecule has 0 aliphatic rings. The van der Waals surface area contributed by atoms with Gasteiger partial charge in [0.1, 0.15) is 6.04 Å². The number of nitrogens with zero attached hydrogens (tertiary/aromatic N) is 1. The van der Waals surface area contributed by atoms with E-state index < -0.39 is 0 Å². The Morgan fingerprint density at radius 3 is 2.44 bits per heavy atom. The van der Waals surface area contributed by atoms with Crippen molar-refractivity contribution in [1.29, 1.82) is 0 Å². The van der Waals surface area contributed by atoms with E-state index in [1.807, 2.05) is 37.4 Å². The van der Waals surface area contributed by atoms with Crippen LogP contribution in [-0.2, 0) is 4.79 Å². The van der Waals surface area contributed by atoms with Gasteiger partial charge in [0, 0.05) is 11.3 Å². The highest BCUT2D eigenvalue weighted by Gasteiger charge is 2.24. The molecule has 4 nitrogen and oxygen atoms in total. The van der Waals surface area contributed by atoms with Crippen LogP contribution in [0.1, 0.15) is 48.7 Å². The predicted octanol–water partition coefficient (Wildman–Crippen LogP) is 4.30. The van der Waals surface area contributed by atoms with Gasteiger partial charge in [-0.2, -0.15) is 0 Å². The summed E-state index contributed by atoms with van der Waals surface area (Å²) in [6, 6.07) is 16.5. The summed E-state index contributed by atoms with van der Waals surface area (Å²) in [5, 5.41) is 2.96. The number of unbranched alkanes of at least 4 members (excludes halogenated alkanes) is 1. The van der Waals surface area contributed by atoms with Gasteiger partial charge in [-0.1, -0.05) is 55.8 Å². The van der Waals surface area contributed by atoms with Crippen molar-refractivity contribution in [2.24, 2.45) is 0 Å². The van der Waals surface area contributed by atoms with Gasteiger partial charge in [-0.25, -0.2) is 0 Å². The van der Waals surface area contributed by atoms with Crippen LogP contribution in [0.5, 0.6) is 0 Å². The molecule has 25 heavy (non-hydrogen) atoms. The average molecular weight is 338 g/mol. The van der Waals surface area contributed by atoms with Gasteiger partial charge in [-0.15, -0.1) is 0 Å². The highest BCUT2D eigenvalue weighted by atomic mass is 16.2. The van der Waals surface area contributed by atoms with Crippen LogP contribution < -0.4 is 5.32 Å². The van der Waals surface area contributed by atoms with Gasteiger partial charge in [0.15, 0.2) is 5.78 Å². The number of carbonyl (C=O) groups is 2. The highest BCUT2D eigenvalue weighted by molar-refractivity contribution is 5.98. The number of benzene rings is 2. The quantitative estimate of drug-likeness (QED) is 0.730. The van der Waals surface area contributed by atoms with Crippen molar-refractivity contribution in [1.82, 2.24) is 4.90 Å². The second-order valence-corrected chi connectivity index (χ2v) is 6.27. The van der Waals surface area contributed by atoms with E-state index in [4.69, 9.17) is 0 Å². The van der Waals surface area contributed by atoms with Gasteiger partial charge in [0.2, 0.25) is 5.91 Å². The molecule has 0 fully saturated rings. The van der Waals surface area contributed by atoms with Gasteiger partial charge < -0.3 is 5.32 Å². The molecule has 2 aromatic carbocycles. The SMILES string of the molecule is CCCCN(C)C(C(=O)Nc1cccc(C(C)=O)c1)c1ccccc1. The summed E-state index contributed by atoms with van der Waals surface area (Å²) in [6.07, 6.45) is 2.11. The van der Waals surface area contributed by atoms with E-state index in [2.05, 4.69) is 17.1 Å². The number of anilines is 1. The van der Waals surface area contributed by atoms with Crippen molar-refractivity contribution in [2.75, 3.05) is 18.9 Å². The fourth-order valence-electron chi connectivity index (χ4n) is 2.80. The molecule has 4 heteroatoms. The van der Waals surface area contributed by atoms with Gasteiger partial charge in [0.05, 0.1) is 0 Å². The van der Waals surface area contributed by atoms with Crippen molar-refractivity contribution >= 4 is 17.4 Å². The Bertz CT molecular complexity index is 713. The van der Waals surface area contributed by atoms with Crippen molar-refractivity contribution in [3.05, 3.63) is 65.7 Å². The van der Waals surface area contributed by atoms with Gasteiger partial charge in [-0.3, -0.25) is 14.5 Å². The maximum Gasteiger partial charge on any atom is 0.246 e. The molecule has 0 aliphatic heterocycles. The van der Waals surface area contributed by atoms with Crippen molar-refractivity contribution in [3.63, 3.8) is 0 Å². The molecule has 0 spiro atoms. The number of likely N-dealkylation sites (N-methyl/N-ethyl adjacent to an activating group) is 1. The third kappa shape index (κ3) is 5.26. The summed E-state index contributed by atoms with van der Waals surface area (Å²) in [7, 11) is 1.97. The number of carbonyl (C=O) groups excluding carboxylic acids is 2. The highest BCUT2D eigenvalue weighted by Crippen LogP contribution is 2.22. The fourth-order valence-corrected chi connectivity index (χ4v) is 2.80. The molecule has 0 aromatic heterocycles. The lowest BCUT2D eigenvalue weighted by atomic mass is 10.0. The Morgan fingerprint density at radius 2 is 1.80 bits per heavy atom. The van der Waals surface area contributed by atoms with E-state index in [1.54, 1.807) is 24.3 Å². The lowest BCUT2D eigenvalue weighted by Crippen LogP contribution is -2.35. The summed E-state index contributed by atoms with van der Waals surface area (Å²) in [4.78, 5) is 26.6. The Kier molecular flexibility index (Phi) is 6.90. The molecule has 132 valence electrons. The van der Waals surface area contributed by atoms with Crippen LogP contribution in [0.3, 0.4) is 0 Å². The molecule has 0 bridgehead atoms. The molecule has 0 heterocycles. The van der Waals surface area contributed by atoms with E-state index in [-0.39, 0.29) is 17.7 Å². The second-order valence-electron chi connectivity index (χ2n) is 6.27. The average Bonchev–Trinajstić information content (AvgIpc) is 2.61. The summed E-state index contributed by atoms with van der Waals surface area (Å²) < 4.78 is 0. The number of amides is 1. The topological polar surface area (TPSA) is 49.4 Å². The standard InChI is InChI=1S/C21H26N2O2/c1-4-5-14-23(3)20(17-10-7-6-8-11-17)21(25)22-19-13-9-12-18(15-19)16(2)24/h6-13,15,20H,4-5,14H2,1-3H3,(H,22,25). The normalized spacial score (nSPS) is 12.0. The number of rotatable bonds is 8. The summed E-state index contributed by atoms with van der Waals surface area (Å²) in [6.45, 7) is 4.50. The van der Waals surface area contributed by atoms with Crippen molar-refractivity contribution in [2.45, 2.75) is 32.7 Å². The minimum atomic E-state index is -0.367. The third-order valence-corrected chi connectivity index (χ3v) is 4.21. The predicted molar refractivity (Wildman–Crippen MR) is 102 cm³/mol. The van der Waals surface area contributed by atoms with Crippen LogP contribution in [0, 0.1) is 0 Å². The van der Waals surface area contributed by atoms with Crippen LogP contribution in [0.2, 0.25) is 0 Å². The first-order valence-electron chi connectivity index (χ1n) is 8.70. The molecule has 0 radical (unpaired) electrons. The number of ketones is 1. The maximum atomic E-state index is 13.0. The Labute approximate surface area is 149 Å². The molecular weight excluding hydrogens is 312 g/mol. The van der Waals surface area contributed by atoms with E-state index in [9.17, 15) is 9.59 Å². The molecule has 0 saturated heterocycles. The Balaban J connectivity index is 2.23. The van der Waals surface area contributed by atoms with E-state index in [1.165, 1.54) is 6.92 Å². The van der Waals surface area contributed by atoms with Crippen LogP contribution in [0.4, 0.5) is 5.69 Å². The zero-order valence-corrected chi connectivity index (χ0v) is 15.2. The molecule has 1 atom stereocenters. The number of hydrogen-bond donors (Lipinski definition) is 1. The zero-order valence-electron chi connectivity index (χ0n) is 15.2. The van der Waals surface area contributed by atoms with Gasteiger partial charge in [-0.05, 0) is 44.6 Å². The van der Waals surface area contributed by atoms with Crippen molar-refractivity contribution < 1.29 is 9.59 Å². The van der Waals surface area contributed by atoms with Crippen LogP contribution in [0.15, 0.2) is 54.6 Å². The molecule has 1 amide bonds. The number of hydrogen-bond acceptors (Lipinski definition) is 3. The Morgan fingerprint density at radius 1 is 1.08 bits per heavy atom. The minimum absolute atomic E-state index is 0.0178. The molecule has 0 aliphatic carbocycles. The minimum Gasteiger partial charge on any atom is -0.324 e. The van der Waals surface area contributed by atoms with E-state index in [0.717, 1.165) is 24.9 Å². The third-order valence-electron chi connectivity index (χ3n) is 4.21. The first kappa shape index (κ1) is 18.9. The molecule has 1 N–H and O–H groups in total. The van der Waals surface area contributed by atoms with Gasteiger partial charge >= 0.3 is 0 Å². The first-order chi connectivity index (χ1) is 12.0. The van der Waals surface area contributed by atoms with Crippen LogP contribution in [0.25, 0.3) is 0 Å². The lowest BCUT2D eigenvalue weighted by Gasteiger charge is -2.27. The monoisotopic (exact) mass is 338 g/mol. The van der Waals surface area contributed by atoms with Crippen LogP contribution in [-0.4, -0.2) is 30.2 Å².